The summed E-state index contributed by atoms with van der Waals surface area (Å²) in [5.41, 5.74) is 8.76. The molecule has 0 radical (unpaired) electrons. The second kappa shape index (κ2) is 4.72. The summed E-state index contributed by atoms with van der Waals surface area (Å²) < 4.78 is 6.51. The van der Waals surface area contributed by atoms with Crippen LogP contribution in [-0.4, -0.2) is 28.6 Å². The van der Waals surface area contributed by atoms with E-state index < -0.39 is 0 Å². The smallest absolute Gasteiger partial charge is 0.132 e. The van der Waals surface area contributed by atoms with E-state index in [9.17, 15) is 0 Å². The number of nitrogens with zero attached hydrogens (tertiary/aromatic N) is 2. The van der Waals surface area contributed by atoms with Gasteiger partial charge in [0.05, 0.1) is 5.70 Å². The summed E-state index contributed by atoms with van der Waals surface area (Å²) in [7, 11) is 0. The van der Waals surface area contributed by atoms with Crippen LogP contribution in [0.25, 0.3) is 0 Å². The average molecular weight is 332 g/mol. The van der Waals surface area contributed by atoms with Crippen LogP contribution in [0.2, 0.25) is 0 Å². The molecule has 3 aliphatic heterocycles. The monoisotopic (exact) mass is 332 g/mol. The van der Waals surface area contributed by atoms with Crippen molar-refractivity contribution in [3.8, 4) is 0 Å². The van der Waals surface area contributed by atoms with E-state index in [1.165, 1.54) is 30.0 Å². The molecule has 0 spiro atoms. The molecule has 6 rings (SSSR count). The Hall–Kier alpha value is -2.16. The Morgan fingerprint density at radius 1 is 1.24 bits per heavy atom. The van der Waals surface area contributed by atoms with Crippen molar-refractivity contribution >= 4 is 0 Å². The summed E-state index contributed by atoms with van der Waals surface area (Å²) in [5.74, 6) is 1.75. The van der Waals surface area contributed by atoms with Crippen LogP contribution in [0.3, 0.4) is 0 Å². The number of fused-ring (bicyclic) bond motifs is 6. The van der Waals surface area contributed by atoms with Gasteiger partial charge in [0.1, 0.15) is 18.0 Å². The first-order chi connectivity index (χ1) is 12.2. The van der Waals surface area contributed by atoms with Crippen molar-refractivity contribution in [1.29, 1.82) is 0 Å². The van der Waals surface area contributed by atoms with E-state index >= 15 is 0 Å². The van der Waals surface area contributed by atoms with Gasteiger partial charge in [0.15, 0.2) is 0 Å². The summed E-state index contributed by atoms with van der Waals surface area (Å²) in [6.45, 7) is 7.55. The SMILES string of the molecule is C=C(C)N1C2=C(C=CCC2)N2CC3=C(C4OC5=C(CC=C5)C4CC3)C21. The highest BCUT2D eigenvalue weighted by atomic mass is 16.5. The molecule has 0 aromatic carbocycles. The fourth-order valence-corrected chi connectivity index (χ4v) is 5.82. The minimum atomic E-state index is 0.251. The van der Waals surface area contributed by atoms with E-state index in [1.807, 2.05) is 0 Å². The van der Waals surface area contributed by atoms with Gasteiger partial charge in [0.2, 0.25) is 0 Å². The molecule has 3 unspecified atom stereocenters. The van der Waals surface area contributed by atoms with Gasteiger partial charge in [-0.2, -0.15) is 0 Å². The lowest BCUT2D eigenvalue weighted by Gasteiger charge is -2.36. The Kier molecular flexibility index (Phi) is 2.65. The van der Waals surface area contributed by atoms with E-state index in [1.54, 1.807) is 16.7 Å². The summed E-state index contributed by atoms with van der Waals surface area (Å²) >= 11 is 0. The second-order valence-electron chi connectivity index (χ2n) is 8.12. The van der Waals surface area contributed by atoms with Crippen molar-refractivity contribution in [2.45, 2.75) is 51.3 Å². The molecule has 0 amide bonds. The van der Waals surface area contributed by atoms with Crippen LogP contribution >= 0.6 is 0 Å². The largest absolute Gasteiger partial charge is 0.485 e. The number of hydrogen-bond donors (Lipinski definition) is 0. The summed E-state index contributed by atoms with van der Waals surface area (Å²) in [5, 5.41) is 0. The first-order valence-electron chi connectivity index (χ1n) is 9.63. The van der Waals surface area contributed by atoms with Crippen molar-refractivity contribution in [3.63, 3.8) is 0 Å². The lowest BCUT2D eigenvalue weighted by molar-refractivity contribution is 0.114. The normalized spacial score (nSPS) is 34.4. The predicted octanol–water partition coefficient (Wildman–Crippen LogP) is 4.36. The van der Waals surface area contributed by atoms with E-state index in [2.05, 4.69) is 47.6 Å². The predicted molar refractivity (Wildman–Crippen MR) is 98.0 cm³/mol. The van der Waals surface area contributed by atoms with Gasteiger partial charge in [-0.3, -0.25) is 0 Å². The van der Waals surface area contributed by atoms with Crippen LogP contribution in [0.1, 0.15) is 39.0 Å². The summed E-state index contributed by atoms with van der Waals surface area (Å²) in [6, 6.07) is 0. The van der Waals surface area contributed by atoms with E-state index in [0.717, 1.165) is 31.5 Å². The van der Waals surface area contributed by atoms with Crippen LogP contribution in [0.15, 0.2) is 70.5 Å². The molecule has 6 aliphatic rings. The minimum Gasteiger partial charge on any atom is -0.485 e. The molecule has 0 aromatic heterocycles. The van der Waals surface area contributed by atoms with Gasteiger partial charge in [-0.05, 0) is 62.3 Å². The van der Waals surface area contributed by atoms with Gasteiger partial charge in [-0.15, -0.1) is 0 Å². The van der Waals surface area contributed by atoms with Gasteiger partial charge in [-0.25, -0.2) is 0 Å². The maximum absolute atomic E-state index is 6.51. The van der Waals surface area contributed by atoms with Crippen LogP contribution in [0.5, 0.6) is 0 Å². The third-order valence-corrected chi connectivity index (χ3v) is 6.77. The van der Waals surface area contributed by atoms with Crippen molar-refractivity contribution in [2.24, 2.45) is 5.92 Å². The zero-order valence-corrected chi connectivity index (χ0v) is 14.8. The van der Waals surface area contributed by atoms with Crippen LogP contribution in [-0.2, 0) is 4.74 Å². The van der Waals surface area contributed by atoms with E-state index in [0.29, 0.717) is 12.1 Å². The molecule has 3 heteroatoms. The Balaban J connectivity index is 1.43. The highest BCUT2D eigenvalue weighted by Gasteiger charge is 2.53. The van der Waals surface area contributed by atoms with Crippen molar-refractivity contribution in [3.05, 3.63) is 70.5 Å². The highest BCUT2D eigenvalue weighted by molar-refractivity contribution is 5.50. The van der Waals surface area contributed by atoms with Crippen LogP contribution in [0, 0.1) is 5.92 Å². The van der Waals surface area contributed by atoms with Gasteiger partial charge in [-0.1, -0.05) is 18.7 Å². The van der Waals surface area contributed by atoms with E-state index in [-0.39, 0.29) is 6.10 Å². The van der Waals surface area contributed by atoms with Crippen molar-refractivity contribution < 1.29 is 4.74 Å². The maximum atomic E-state index is 6.51. The number of allylic oxidation sites excluding steroid dienone is 6. The zero-order valence-electron chi connectivity index (χ0n) is 14.8. The number of hydrogen-bond acceptors (Lipinski definition) is 3. The van der Waals surface area contributed by atoms with E-state index in [4.69, 9.17) is 4.74 Å². The minimum absolute atomic E-state index is 0.251. The van der Waals surface area contributed by atoms with Crippen molar-refractivity contribution in [1.82, 2.24) is 9.80 Å². The Morgan fingerprint density at radius 2 is 2.16 bits per heavy atom. The molecule has 3 aliphatic carbocycles. The molecule has 3 atom stereocenters. The van der Waals surface area contributed by atoms with Gasteiger partial charge in [0.25, 0.3) is 0 Å². The van der Waals surface area contributed by atoms with Gasteiger partial charge >= 0.3 is 0 Å². The quantitative estimate of drug-likeness (QED) is 0.664. The fourth-order valence-electron chi connectivity index (χ4n) is 5.82. The molecule has 3 heterocycles. The third-order valence-electron chi connectivity index (χ3n) is 6.77. The molecule has 25 heavy (non-hydrogen) atoms. The maximum Gasteiger partial charge on any atom is 0.132 e. The first kappa shape index (κ1) is 14.1. The lowest BCUT2D eigenvalue weighted by atomic mass is 9.78. The Morgan fingerprint density at radius 3 is 3.04 bits per heavy atom. The summed E-state index contributed by atoms with van der Waals surface area (Å²) in [4.78, 5) is 5.11. The molecule has 0 aromatic rings. The molecule has 3 nitrogen and oxygen atoms in total. The molecule has 0 fully saturated rings. The Labute approximate surface area is 149 Å². The van der Waals surface area contributed by atoms with Gasteiger partial charge in [0, 0.05) is 29.4 Å². The molecule has 0 bridgehead atoms. The first-order valence-corrected chi connectivity index (χ1v) is 9.63. The van der Waals surface area contributed by atoms with Crippen LogP contribution in [0.4, 0.5) is 0 Å². The standard InChI is InChI=1S/C22H24N2O/c1-13(2)24-18-8-4-3-7-17(18)23-12-14-10-11-16-15-6-5-9-19(15)25-21(16)20(14)22(23)24/h3,5,7,9,16,21-22H,1,4,6,8,10-12H2,2H3. The zero-order chi connectivity index (χ0) is 16.7. The number of rotatable bonds is 1. The number of ether oxygens (including phenoxy) is 1. The molecule has 0 saturated heterocycles. The lowest BCUT2D eigenvalue weighted by Crippen LogP contribution is -2.41. The van der Waals surface area contributed by atoms with Crippen LogP contribution < -0.4 is 0 Å². The molecule has 0 saturated carbocycles. The van der Waals surface area contributed by atoms with Gasteiger partial charge < -0.3 is 14.5 Å². The highest BCUT2D eigenvalue weighted by Crippen LogP contribution is 2.54. The summed E-state index contributed by atoms with van der Waals surface area (Å²) in [6.07, 6.45) is 15.5. The van der Waals surface area contributed by atoms with Crippen molar-refractivity contribution in [2.75, 3.05) is 6.54 Å². The second-order valence-corrected chi connectivity index (χ2v) is 8.12. The molecular weight excluding hydrogens is 308 g/mol. The average Bonchev–Trinajstić information content (AvgIpc) is 3.31. The molecule has 0 N–H and O–H groups in total. The third kappa shape index (κ3) is 1.67. The fraction of sp³-hybridized carbons (Fsp3) is 0.455. The molecular formula is C22H24N2O. The topological polar surface area (TPSA) is 15.7 Å². The molecule has 128 valence electrons. The Bertz CT molecular complexity index is 853.